The summed E-state index contributed by atoms with van der Waals surface area (Å²) in [6.45, 7) is 2.54. The van der Waals surface area contributed by atoms with Gasteiger partial charge in [0.2, 0.25) is 0 Å². The van der Waals surface area contributed by atoms with E-state index >= 15 is 0 Å². The molecule has 0 aliphatic rings. The van der Waals surface area contributed by atoms with Gasteiger partial charge in [-0.1, -0.05) is 41.9 Å². The van der Waals surface area contributed by atoms with Crippen molar-refractivity contribution in [1.82, 2.24) is 0 Å². The highest BCUT2D eigenvalue weighted by Crippen LogP contribution is 2.13. The third-order valence-corrected chi connectivity index (χ3v) is 3.86. The molecule has 1 amide bonds. The fraction of sp³-hybridized carbons (Fsp3) is 0.235. The number of likely N-dealkylation sites (N-methyl/N-ethyl adjacent to an activating group) is 1. The zero-order chi connectivity index (χ0) is 15.2. The third-order valence-electron chi connectivity index (χ3n) is 3.61. The minimum absolute atomic E-state index is 0.00222. The van der Waals surface area contributed by atoms with Crippen LogP contribution in [0.5, 0.6) is 0 Å². The molecule has 2 aromatic carbocycles. The SMILES string of the molecule is C[C@H](c1ccccc1)[NH+](C)CC(=O)Nc1ccc(Cl)cc1. The van der Waals surface area contributed by atoms with Crippen LogP contribution in [-0.2, 0) is 4.79 Å². The van der Waals surface area contributed by atoms with Crippen molar-refractivity contribution in [2.45, 2.75) is 13.0 Å². The minimum Gasteiger partial charge on any atom is -0.324 e. The van der Waals surface area contributed by atoms with Crippen LogP contribution in [0.3, 0.4) is 0 Å². The van der Waals surface area contributed by atoms with E-state index in [9.17, 15) is 4.79 Å². The summed E-state index contributed by atoms with van der Waals surface area (Å²) < 4.78 is 0. The molecule has 0 aliphatic carbocycles. The van der Waals surface area contributed by atoms with Crippen LogP contribution >= 0.6 is 11.6 Å². The normalized spacial score (nSPS) is 13.5. The molecular formula is C17H20ClN2O+. The molecule has 3 nitrogen and oxygen atoms in total. The lowest BCUT2D eigenvalue weighted by atomic mass is 10.1. The second-order valence-corrected chi connectivity index (χ2v) is 5.65. The largest absolute Gasteiger partial charge is 0.324 e. The van der Waals surface area contributed by atoms with Crippen LogP contribution in [-0.4, -0.2) is 19.5 Å². The van der Waals surface area contributed by atoms with E-state index in [1.807, 2.05) is 25.2 Å². The first-order valence-electron chi connectivity index (χ1n) is 6.99. The predicted molar refractivity (Wildman–Crippen MR) is 86.7 cm³/mol. The van der Waals surface area contributed by atoms with Crippen LogP contribution in [0.2, 0.25) is 5.02 Å². The van der Waals surface area contributed by atoms with E-state index in [4.69, 9.17) is 11.6 Å². The van der Waals surface area contributed by atoms with Gasteiger partial charge in [-0.05, 0) is 31.2 Å². The molecule has 0 saturated heterocycles. The van der Waals surface area contributed by atoms with Gasteiger partial charge in [0, 0.05) is 16.3 Å². The molecule has 1 unspecified atom stereocenters. The number of hydrogen-bond acceptors (Lipinski definition) is 1. The number of benzene rings is 2. The van der Waals surface area contributed by atoms with Gasteiger partial charge in [-0.2, -0.15) is 0 Å². The van der Waals surface area contributed by atoms with Gasteiger partial charge in [0.1, 0.15) is 6.04 Å². The summed E-state index contributed by atoms with van der Waals surface area (Å²) in [6, 6.07) is 17.6. The Morgan fingerprint density at radius 3 is 2.38 bits per heavy atom. The molecule has 0 aliphatic heterocycles. The zero-order valence-electron chi connectivity index (χ0n) is 12.3. The van der Waals surface area contributed by atoms with Crippen LogP contribution in [0.1, 0.15) is 18.5 Å². The number of rotatable bonds is 5. The van der Waals surface area contributed by atoms with Crippen molar-refractivity contribution in [3.05, 3.63) is 65.2 Å². The van der Waals surface area contributed by atoms with Crippen LogP contribution in [0.25, 0.3) is 0 Å². The van der Waals surface area contributed by atoms with E-state index in [-0.39, 0.29) is 11.9 Å². The highest BCUT2D eigenvalue weighted by atomic mass is 35.5. The molecular weight excluding hydrogens is 284 g/mol. The fourth-order valence-electron chi connectivity index (χ4n) is 2.17. The lowest BCUT2D eigenvalue weighted by molar-refractivity contribution is -0.902. The maximum absolute atomic E-state index is 12.1. The number of amides is 1. The smallest absolute Gasteiger partial charge is 0.279 e. The number of quaternary nitrogens is 1. The number of hydrogen-bond donors (Lipinski definition) is 2. The van der Waals surface area contributed by atoms with Gasteiger partial charge >= 0.3 is 0 Å². The molecule has 0 radical (unpaired) electrons. The molecule has 2 rings (SSSR count). The second-order valence-electron chi connectivity index (χ2n) is 5.21. The Bertz CT molecular complexity index is 583. The predicted octanol–water partition coefficient (Wildman–Crippen LogP) is 2.55. The summed E-state index contributed by atoms with van der Waals surface area (Å²) in [7, 11) is 2.03. The molecule has 2 aromatic rings. The van der Waals surface area contributed by atoms with Crippen molar-refractivity contribution in [3.8, 4) is 0 Å². The Morgan fingerprint density at radius 2 is 1.76 bits per heavy atom. The average molecular weight is 304 g/mol. The highest BCUT2D eigenvalue weighted by Gasteiger charge is 2.18. The van der Waals surface area contributed by atoms with Crippen molar-refractivity contribution >= 4 is 23.2 Å². The molecule has 110 valence electrons. The number of halogens is 1. The molecule has 21 heavy (non-hydrogen) atoms. The Morgan fingerprint density at radius 1 is 1.14 bits per heavy atom. The number of nitrogens with one attached hydrogen (secondary N) is 2. The Kier molecular flexibility index (Phi) is 5.37. The molecule has 0 saturated carbocycles. The molecule has 2 N–H and O–H groups in total. The van der Waals surface area contributed by atoms with Crippen molar-refractivity contribution < 1.29 is 9.69 Å². The van der Waals surface area contributed by atoms with Crippen LogP contribution in [0.15, 0.2) is 54.6 Å². The Labute approximate surface area is 130 Å². The Balaban J connectivity index is 1.91. The van der Waals surface area contributed by atoms with E-state index < -0.39 is 0 Å². The van der Waals surface area contributed by atoms with E-state index in [0.29, 0.717) is 11.6 Å². The lowest BCUT2D eigenvalue weighted by Gasteiger charge is -2.21. The van der Waals surface area contributed by atoms with Crippen molar-refractivity contribution in [3.63, 3.8) is 0 Å². The summed E-state index contributed by atoms with van der Waals surface area (Å²) >= 11 is 5.83. The minimum atomic E-state index is -0.00222. The first kappa shape index (κ1) is 15.5. The fourth-order valence-corrected chi connectivity index (χ4v) is 2.30. The second kappa shape index (κ2) is 7.25. The summed E-state index contributed by atoms with van der Waals surface area (Å²) in [5.74, 6) is -0.00222. The van der Waals surface area contributed by atoms with Gasteiger partial charge in [-0.25, -0.2) is 0 Å². The van der Waals surface area contributed by atoms with Gasteiger partial charge in [0.05, 0.1) is 7.05 Å². The summed E-state index contributed by atoms with van der Waals surface area (Å²) in [5.41, 5.74) is 2.00. The van der Waals surface area contributed by atoms with Crippen molar-refractivity contribution in [2.75, 3.05) is 18.9 Å². The zero-order valence-corrected chi connectivity index (χ0v) is 13.0. The lowest BCUT2D eigenvalue weighted by Crippen LogP contribution is -3.10. The van der Waals surface area contributed by atoms with Crippen LogP contribution in [0.4, 0.5) is 5.69 Å². The number of carbonyl (C=O) groups excluding carboxylic acids is 1. The first-order chi connectivity index (χ1) is 10.1. The summed E-state index contributed by atoms with van der Waals surface area (Å²) in [6.07, 6.45) is 0. The molecule has 0 fully saturated rings. The van der Waals surface area contributed by atoms with Crippen molar-refractivity contribution in [1.29, 1.82) is 0 Å². The maximum atomic E-state index is 12.1. The number of anilines is 1. The standard InChI is InChI=1S/C17H19ClN2O/c1-13(14-6-4-3-5-7-14)20(2)12-17(21)19-16-10-8-15(18)9-11-16/h3-11,13H,12H2,1-2H3,(H,19,21)/p+1/t13-/m1/s1. The van der Waals surface area contributed by atoms with Crippen LogP contribution < -0.4 is 10.2 Å². The molecule has 0 spiro atoms. The van der Waals surface area contributed by atoms with Gasteiger partial charge in [0.25, 0.3) is 5.91 Å². The highest BCUT2D eigenvalue weighted by molar-refractivity contribution is 6.30. The van der Waals surface area contributed by atoms with E-state index in [1.54, 1.807) is 24.3 Å². The van der Waals surface area contributed by atoms with Gasteiger partial charge in [-0.3, -0.25) is 4.79 Å². The molecule has 2 atom stereocenters. The van der Waals surface area contributed by atoms with Gasteiger partial charge in [-0.15, -0.1) is 0 Å². The monoisotopic (exact) mass is 303 g/mol. The summed E-state index contributed by atoms with van der Waals surface area (Å²) in [5, 5.41) is 3.55. The summed E-state index contributed by atoms with van der Waals surface area (Å²) in [4.78, 5) is 13.2. The van der Waals surface area contributed by atoms with E-state index in [2.05, 4.69) is 24.4 Å². The molecule has 0 heterocycles. The quantitative estimate of drug-likeness (QED) is 0.874. The van der Waals surface area contributed by atoms with E-state index in [1.165, 1.54) is 5.56 Å². The third kappa shape index (κ3) is 4.59. The molecule has 0 bridgehead atoms. The molecule has 4 heteroatoms. The maximum Gasteiger partial charge on any atom is 0.279 e. The molecule has 0 aromatic heterocycles. The number of carbonyl (C=O) groups is 1. The average Bonchev–Trinajstić information content (AvgIpc) is 2.49. The van der Waals surface area contributed by atoms with Gasteiger partial charge < -0.3 is 10.2 Å². The van der Waals surface area contributed by atoms with Gasteiger partial charge in [0.15, 0.2) is 6.54 Å². The first-order valence-corrected chi connectivity index (χ1v) is 7.36. The van der Waals surface area contributed by atoms with Crippen LogP contribution in [0, 0.1) is 0 Å². The Hall–Kier alpha value is -1.84. The van der Waals surface area contributed by atoms with E-state index in [0.717, 1.165) is 10.6 Å². The van der Waals surface area contributed by atoms with Crippen molar-refractivity contribution in [2.24, 2.45) is 0 Å². The topological polar surface area (TPSA) is 33.5 Å².